The Morgan fingerprint density at radius 3 is 1.46 bits per heavy atom. The van der Waals surface area contributed by atoms with Gasteiger partial charge < -0.3 is 4.74 Å². The van der Waals surface area contributed by atoms with Crippen molar-refractivity contribution >= 4 is 15.5 Å². The fourth-order valence-corrected chi connectivity index (χ4v) is 6.68. The molecule has 0 bridgehead atoms. The third kappa shape index (κ3) is 13.6. The van der Waals surface area contributed by atoms with Crippen LogP contribution in [-0.2, 0) is 13.8 Å². The number of rotatable bonds is 20. The molecule has 0 spiro atoms. The van der Waals surface area contributed by atoms with Gasteiger partial charge in [-0.1, -0.05) is 97.3 Å². The summed E-state index contributed by atoms with van der Waals surface area (Å²) >= 11 is 0. The van der Waals surface area contributed by atoms with Crippen LogP contribution in [0, 0.1) is 0 Å². The zero-order valence-corrected chi connectivity index (χ0v) is 21.2. The van der Waals surface area contributed by atoms with Crippen molar-refractivity contribution in [2.75, 3.05) is 26.6 Å². The first kappa shape index (κ1) is 28.4. The Morgan fingerprint density at radius 2 is 1.14 bits per heavy atom. The van der Waals surface area contributed by atoms with Crippen LogP contribution in [0.25, 0.3) is 0 Å². The summed E-state index contributed by atoms with van der Waals surface area (Å²) in [7, 11) is -4.24. The largest absolute Gasteiger partial charge is 0.701 e. The van der Waals surface area contributed by atoms with Crippen molar-refractivity contribution in [3.05, 3.63) is 0 Å². The molecule has 0 fully saturated rings. The van der Waals surface area contributed by atoms with Gasteiger partial charge in [-0.15, -0.1) is 4.89 Å². The highest BCUT2D eigenvalue weighted by atomic mass is 31.2. The minimum Gasteiger partial charge on any atom is -0.316 e. The summed E-state index contributed by atoms with van der Waals surface area (Å²) in [6.45, 7) is 11.1. The minimum absolute atomic E-state index is 0.602. The van der Waals surface area contributed by atoms with E-state index >= 15 is 0 Å². The molecule has 0 saturated carbocycles. The van der Waals surface area contributed by atoms with Crippen molar-refractivity contribution < 1.29 is 18.7 Å². The van der Waals surface area contributed by atoms with Gasteiger partial charge in [-0.2, -0.15) is 0 Å². The maximum Gasteiger partial charge on any atom is 0.701 e. The van der Waals surface area contributed by atoms with E-state index in [9.17, 15) is 9.46 Å². The molecule has 0 aliphatic heterocycles. The lowest BCUT2D eigenvalue weighted by Gasteiger charge is -2.32. The van der Waals surface area contributed by atoms with Crippen LogP contribution >= 0.6 is 15.5 Å². The number of unbranched alkanes of at least 4 members (excludes halogenated alkanes) is 13. The molecule has 0 aliphatic rings. The molecule has 1 N–H and O–H groups in total. The van der Waals surface area contributed by atoms with Crippen LogP contribution in [0.4, 0.5) is 0 Å². The molecule has 0 aromatic heterocycles. The molecule has 0 aromatic carbocycles. The molecule has 0 rings (SSSR count). The van der Waals surface area contributed by atoms with Crippen molar-refractivity contribution in [3.8, 4) is 0 Å². The van der Waals surface area contributed by atoms with Gasteiger partial charge in [-0.25, -0.2) is 0 Å². The van der Waals surface area contributed by atoms with Gasteiger partial charge in [0.1, 0.15) is 0 Å². The van der Waals surface area contributed by atoms with Crippen molar-refractivity contribution in [1.29, 1.82) is 0 Å². The lowest BCUT2D eigenvalue weighted by Crippen LogP contribution is -2.35. The standard InChI is InChI=1S/C22H47O4P2/c1-6-8-9-10-11-12-13-14-15-16-17-18-19-20-21-25-22(7-2,26-27(23)24)28(3,4)5/h6-21H2,1-5H3/q+1/p+1. The minimum atomic E-state index is -2.65. The second-order valence-corrected chi connectivity index (χ2v) is 14.2. The van der Waals surface area contributed by atoms with Gasteiger partial charge >= 0.3 is 13.8 Å². The maximum absolute atomic E-state index is 11.2. The van der Waals surface area contributed by atoms with Crippen molar-refractivity contribution in [1.82, 2.24) is 0 Å². The van der Waals surface area contributed by atoms with E-state index in [1.807, 2.05) is 6.92 Å². The van der Waals surface area contributed by atoms with Crippen molar-refractivity contribution in [3.63, 3.8) is 0 Å². The summed E-state index contributed by atoms with van der Waals surface area (Å²) in [4.78, 5) is 9.23. The summed E-state index contributed by atoms with van der Waals surface area (Å²) in [6.07, 6.45) is 19.2. The monoisotopic (exact) mass is 438 g/mol. The van der Waals surface area contributed by atoms with E-state index < -0.39 is 21.0 Å². The average Bonchev–Trinajstić information content (AvgIpc) is 2.62. The smallest absolute Gasteiger partial charge is 0.316 e. The number of hydrogen-bond acceptors (Lipinski definition) is 3. The van der Waals surface area contributed by atoms with Crippen LogP contribution in [0.1, 0.15) is 110 Å². The van der Waals surface area contributed by atoms with Gasteiger partial charge in [-0.3, -0.25) is 0 Å². The second-order valence-electron chi connectivity index (χ2n) is 8.85. The predicted molar refractivity (Wildman–Crippen MR) is 125 cm³/mol. The summed E-state index contributed by atoms with van der Waals surface area (Å²) in [5.41, 5.74) is -0.883. The third-order valence-electron chi connectivity index (χ3n) is 5.52. The molecule has 0 radical (unpaired) electrons. The first-order chi connectivity index (χ1) is 13.3. The summed E-state index contributed by atoms with van der Waals surface area (Å²) in [5.74, 6) is 0. The Labute approximate surface area is 176 Å². The molecular formula is C22H48O4P2+2. The van der Waals surface area contributed by atoms with Crippen LogP contribution in [0.5, 0.6) is 0 Å². The second kappa shape index (κ2) is 17.1. The highest BCUT2D eigenvalue weighted by molar-refractivity contribution is 7.75. The molecular weight excluding hydrogens is 390 g/mol. The lowest BCUT2D eigenvalue weighted by molar-refractivity contribution is -0.121. The SMILES string of the molecule is CCCCCCCCCCCCCCCCOC(CC)(O[P+](=O)O)[P+](C)(C)C. The average molecular weight is 439 g/mol. The quantitative estimate of drug-likeness (QED) is 0.118. The first-order valence-corrected chi connectivity index (χ1v) is 15.9. The summed E-state index contributed by atoms with van der Waals surface area (Å²) in [6, 6.07) is 0. The van der Waals surface area contributed by atoms with Gasteiger partial charge in [-0.05, 0) is 10.9 Å². The number of ether oxygens (including phenoxy) is 1. The number of hydrogen-bond donors (Lipinski definition) is 1. The van der Waals surface area contributed by atoms with Gasteiger partial charge in [0.15, 0.2) is 0 Å². The summed E-state index contributed by atoms with van der Waals surface area (Å²) < 4.78 is 22.7. The molecule has 6 heteroatoms. The summed E-state index contributed by atoms with van der Waals surface area (Å²) in [5, 5.41) is 0. The van der Waals surface area contributed by atoms with Crippen LogP contribution in [0.15, 0.2) is 0 Å². The molecule has 0 heterocycles. The van der Waals surface area contributed by atoms with Crippen LogP contribution in [-0.4, -0.2) is 37.0 Å². The highest BCUT2D eigenvalue weighted by Crippen LogP contribution is 2.64. The zero-order chi connectivity index (χ0) is 21.3. The Hall–Kier alpha value is 0.410. The Balaban J connectivity index is 3.68. The van der Waals surface area contributed by atoms with Gasteiger partial charge in [0.2, 0.25) is 0 Å². The van der Waals surface area contributed by atoms with Crippen molar-refractivity contribution in [2.45, 2.75) is 116 Å². The molecule has 0 saturated heterocycles. The van der Waals surface area contributed by atoms with Gasteiger partial charge in [0.25, 0.3) is 0 Å². The molecule has 2 atom stereocenters. The van der Waals surface area contributed by atoms with E-state index in [1.54, 1.807) is 0 Å². The predicted octanol–water partition coefficient (Wildman–Crippen LogP) is 8.12. The van der Waals surface area contributed by atoms with Crippen molar-refractivity contribution in [2.24, 2.45) is 0 Å². The van der Waals surface area contributed by atoms with E-state index in [0.717, 1.165) is 12.8 Å². The highest BCUT2D eigenvalue weighted by Gasteiger charge is 2.56. The van der Waals surface area contributed by atoms with E-state index in [0.29, 0.717) is 13.0 Å². The van der Waals surface area contributed by atoms with Crippen LogP contribution < -0.4 is 0 Å². The Bertz CT molecular complexity index is 385. The van der Waals surface area contributed by atoms with E-state index in [1.165, 1.54) is 77.0 Å². The fourth-order valence-electron chi connectivity index (χ4n) is 3.63. The molecule has 4 nitrogen and oxygen atoms in total. The van der Waals surface area contributed by atoms with E-state index in [4.69, 9.17) is 9.26 Å². The van der Waals surface area contributed by atoms with E-state index in [-0.39, 0.29) is 0 Å². The molecule has 28 heavy (non-hydrogen) atoms. The van der Waals surface area contributed by atoms with Gasteiger partial charge in [0, 0.05) is 11.0 Å². The normalized spacial score (nSPS) is 14.9. The first-order valence-electron chi connectivity index (χ1n) is 11.6. The molecule has 2 unspecified atom stereocenters. The zero-order valence-electron chi connectivity index (χ0n) is 19.4. The van der Waals surface area contributed by atoms with Gasteiger partial charge in [0.05, 0.1) is 33.9 Å². The lowest BCUT2D eigenvalue weighted by atomic mass is 10.0. The topological polar surface area (TPSA) is 55.8 Å². The Morgan fingerprint density at radius 1 is 0.750 bits per heavy atom. The van der Waals surface area contributed by atoms with E-state index in [2.05, 4.69) is 26.9 Å². The van der Waals surface area contributed by atoms with Crippen LogP contribution in [0.2, 0.25) is 0 Å². The Kier molecular flexibility index (Phi) is 17.4. The maximum atomic E-state index is 11.2. The molecule has 0 aromatic rings. The molecule has 168 valence electrons. The molecule has 0 aliphatic carbocycles. The fraction of sp³-hybridized carbons (Fsp3) is 1.00. The molecule has 0 amide bonds. The van der Waals surface area contributed by atoms with Crippen LogP contribution in [0.3, 0.4) is 0 Å². The third-order valence-corrected chi connectivity index (χ3v) is 8.69.